The fraction of sp³-hybridized carbons (Fsp3) is 0.391. The molecule has 0 spiro atoms. The van der Waals surface area contributed by atoms with E-state index in [4.69, 9.17) is 11.6 Å². The second-order valence-corrected chi connectivity index (χ2v) is 9.39. The first-order valence-corrected chi connectivity index (χ1v) is 10.8. The molecule has 1 amide bonds. The van der Waals surface area contributed by atoms with E-state index in [0.29, 0.717) is 22.4 Å². The molecule has 1 aromatic heterocycles. The third-order valence-corrected chi connectivity index (χ3v) is 6.32. The van der Waals surface area contributed by atoms with Gasteiger partial charge >= 0.3 is 0 Å². The van der Waals surface area contributed by atoms with Crippen LogP contribution < -0.4 is 5.32 Å². The van der Waals surface area contributed by atoms with Gasteiger partial charge < -0.3 is 5.32 Å². The van der Waals surface area contributed by atoms with Crippen LogP contribution in [0.4, 0.5) is 0 Å². The maximum atomic E-state index is 13.2. The second kappa shape index (κ2) is 7.20. The molecule has 3 aromatic rings. The smallest absolute Gasteiger partial charge is 0.251 e. The zero-order valence-corrected chi connectivity index (χ0v) is 17.9. The van der Waals surface area contributed by atoms with Gasteiger partial charge in [-0.05, 0) is 97.3 Å². The molecule has 0 unspecified atom stereocenters. The molecule has 154 valence electrons. The Kier molecular flexibility index (Phi) is 4.62. The molecule has 0 aliphatic heterocycles. The Morgan fingerprint density at radius 2 is 1.80 bits per heavy atom. The van der Waals surface area contributed by atoms with Crippen LogP contribution in [0.3, 0.4) is 0 Å². The van der Waals surface area contributed by atoms with Crippen molar-refractivity contribution >= 4 is 17.5 Å². The predicted molar refractivity (Wildman–Crippen MR) is 116 cm³/mol. The normalized spacial score (nSPS) is 16.5. The number of hydrogen-bond acceptors (Lipinski definition) is 4. The number of benzene rings is 2. The molecule has 2 aromatic carbocycles. The van der Waals surface area contributed by atoms with Gasteiger partial charge in [-0.1, -0.05) is 23.7 Å². The number of hydrogen-bond donors (Lipinski definition) is 1. The summed E-state index contributed by atoms with van der Waals surface area (Å²) in [5.41, 5.74) is 3.09. The van der Waals surface area contributed by atoms with E-state index in [1.165, 1.54) is 12.8 Å². The van der Waals surface area contributed by atoms with Gasteiger partial charge in [-0.25, -0.2) is 0 Å². The lowest BCUT2D eigenvalue weighted by atomic mass is 9.97. The van der Waals surface area contributed by atoms with Crippen LogP contribution in [0.2, 0.25) is 5.02 Å². The summed E-state index contributed by atoms with van der Waals surface area (Å²) in [6, 6.07) is 13.4. The molecular weight excluding hydrogens is 398 g/mol. The van der Waals surface area contributed by atoms with Crippen LogP contribution >= 0.6 is 11.6 Å². The van der Waals surface area contributed by atoms with Crippen LogP contribution in [0.1, 0.15) is 61.6 Å². The van der Waals surface area contributed by atoms with Crippen molar-refractivity contribution < 1.29 is 4.79 Å². The van der Waals surface area contributed by atoms with Crippen LogP contribution in [0.5, 0.6) is 0 Å². The number of rotatable bonds is 6. The van der Waals surface area contributed by atoms with Crippen LogP contribution in [0.25, 0.3) is 16.8 Å². The average Bonchev–Trinajstić information content (AvgIpc) is 3.66. The van der Waals surface area contributed by atoms with E-state index in [9.17, 15) is 4.79 Å². The van der Waals surface area contributed by atoms with E-state index >= 15 is 0 Å². The molecule has 2 fully saturated rings. The monoisotopic (exact) mass is 421 g/mol. The van der Waals surface area contributed by atoms with Gasteiger partial charge in [0.15, 0.2) is 5.82 Å². The standard InChI is InChI=1S/C23H24ClN5O/c1-23(2,18-7-8-18)25-22(30)17-11-16(14-5-9-19(24)10-6-14)12-20(13-17)29-21(15-3-4-15)26-27-28-29/h5-6,9-13,15,18H,3-4,7-8H2,1-2H3,(H,25,30). The molecule has 5 rings (SSSR count). The van der Waals surface area contributed by atoms with Gasteiger partial charge in [0.2, 0.25) is 0 Å². The van der Waals surface area contributed by atoms with Gasteiger partial charge in [-0.3, -0.25) is 4.79 Å². The van der Waals surface area contributed by atoms with Crippen LogP contribution in [0, 0.1) is 5.92 Å². The van der Waals surface area contributed by atoms with Crippen molar-refractivity contribution in [3.8, 4) is 16.8 Å². The van der Waals surface area contributed by atoms with E-state index in [2.05, 4.69) is 34.7 Å². The van der Waals surface area contributed by atoms with Crippen molar-refractivity contribution in [1.29, 1.82) is 0 Å². The highest BCUT2D eigenvalue weighted by Gasteiger charge is 2.39. The third-order valence-electron chi connectivity index (χ3n) is 6.07. The molecule has 2 aliphatic rings. The molecule has 1 N–H and O–H groups in total. The number of halogens is 1. The first-order chi connectivity index (χ1) is 14.4. The van der Waals surface area contributed by atoms with Crippen molar-refractivity contribution in [2.45, 2.75) is 51.0 Å². The maximum absolute atomic E-state index is 13.2. The fourth-order valence-corrected chi connectivity index (χ4v) is 4.05. The van der Waals surface area contributed by atoms with Gasteiger partial charge in [-0.2, -0.15) is 4.68 Å². The van der Waals surface area contributed by atoms with E-state index in [1.54, 1.807) is 4.68 Å². The highest BCUT2D eigenvalue weighted by atomic mass is 35.5. The lowest BCUT2D eigenvalue weighted by Crippen LogP contribution is -2.45. The summed E-state index contributed by atoms with van der Waals surface area (Å²) in [6.07, 6.45) is 4.53. The molecule has 2 aliphatic carbocycles. The van der Waals surface area contributed by atoms with E-state index in [0.717, 1.165) is 35.5 Å². The molecule has 6 nitrogen and oxygen atoms in total. The minimum atomic E-state index is -0.221. The number of carbonyl (C=O) groups excluding carboxylic acids is 1. The highest BCUT2D eigenvalue weighted by molar-refractivity contribution is 6.30. The quantitative estimate of drug-likeness (QED) is 0.621. The van der Waals surface area contributed by atoms with Crippen molar-refractivity contribution in [3.05, 3.63) is 58.9 Å². The Bertz CT molecular complexity index is 1100. The summed E-state index contributed by atoms with van der Waals surface area (Å²) >= 11 is 6.07. The van der Waals surface area contributed by atoms with Crippen molar-refractivity contribution in [2.75, 3.05) is 0 Å². The minimum absolute atomic E-state index is 0.0787. The molecule has 30 heavy (non-hydrogen) atoms. The van der Waals surface area contributed by atoms with Crippen LogP contribution in [-0.2, 0) is 0 Å². The van der Waals surface area contributed by atoms with Crippen molar-refractivity contribution in [3.63, 3.8) is 0 Å². The summed E-state index contributed by atoms with van der Waals surface area (Å²) in [4.78, 5) is 13.2. The summed E-state index contributed by atoms with van der Waals surface area (Å²) in [7, 11) is 0. The molecule has 2 saturated carbocycles. The molecule has 0 radical (unpaired) electrons. The zero-order valence-electron chi connectivity index (χ0n) is 17.1. The largest absolute Gasteiger partial charge is 0.347 e. The molecule has 0 bridgehead atoms. The third kappa shape index (κ3) is 3.84. The SMILES string of the molecule is CC(C)(NC(=O)c1cc(-c2ccc(Cl)cc2)cc(-n2nnnc2C2CC2)c1)C1CC1. The first-order valence-electron chi connectivity index (χ1n) is 10.4. The van der Waals surface area contributed by atoms with E-state index in [1.807, 2.05) is 42.5 Å². The van der Waals surface area contributed by atoms with Crippen molar-refractivity contribution in [2.24, 2.45) is 5.92 Å². The average molecular weight is 422 g/mol. The van der Waals surface area contributed by atoms with Gasteiger partial charge in [-0.15, -0.1) is 5.10 Å². The number of carbonyl (C=O) groups is 1. The Morgan fingerprint density at radius 3 is 2.47 bits per heavy atom. The zero-order chi connectivity index (χ0) is 20.9. The molecule has 0 saturated heterocycles. The number of tetrazole rings is 1. The van der Waals surface area contributed by atoms with Crippen molar-refractivity contribution in [1.82, 2.24) is 25.5 Å². The van der Waals surface area contributed by atoms with Gasteiger partial charge in [0, 0.05) is 22.0 Å². The maximum Gasteiger partial charge on any atom is 0.251 e. The lowest BCUT2D eigenvalue weighted by molar-refractivity contribution is 0.0903. The number of nitrogens with zero attached hydrogens (tertiary/aromatic N) is 4. The molecule has 7 heteroatoms. The summed E-state index contributed by atoms with van der Waals surface area (Å²) in [5.74, 6) is 1.71. The topological polar surface area (TPSA) is 72.7 Å². The minimum Gasteiger partial charge on any atom is -0.347 e. The van der Waals surface area contributed by atoms with E-state index in [-0.39, 0.29) is 11.4 Å². The number of aromatic nitrogens is 4. The second-order valence-electron chi connectivity index (χ2n) is 8.95. The molecule has 1 heterocycles. The summed E-state index contributed by atoms with van der Waals surface area (Å²) < 4.78 is 1.76. The Balaban J connectivity index is 1.57. The molecule has 0 atom stereocenters. The van der Waals surface area contributed by atoms with Gasteiger partial charge in [0.1, 0.15) is 0 Å². The first kappa shape index (κ1) is 19.2. The Hall–Kier alpha value is -2.73. The van der Waals surface area contributed by atoms with Crippen LogP contribution in [0.15, 0.2) is 42.5 Å². The Labute approximate surface area is 180 Å². The lowest BCUT2D eigenvalue weighted by Gasteiger charge is -2.26. The Morgan fingerprint density at radius 1 is 1.07 bits per heavy atom. The number of amides is 1. The predicted octanol–water partition coefficient (Wildman–Crippen LogP) is 4.78. The van der Waals surface area contributed by atoms with Crippen LogP contribution in [-0.4, -0.2) is 31.7 Å². The number of nitrogens with one attached hydrogen (secondary N) is 1. The van der Waals surface area contributed by atoms with E-state index < -0.39 is 0 Å². The fourth-order valence-electron chi connectivity index (χ4n) is 3.92. The summed E-state index contributed by atoms with van der Waals surface area (Å²) in [6.45, 7) is 4.19. The summed E-state index contributed by atoms with van der Waals surface area (Å²) in [5, 5.41) is 16.2. The molecular formula is C23H24ClN5O. The van der Waals surface area contributed by atoms with Gasteiger partial charge in [0.25, 0.3) is 5.91 Å². The van der Waals surface area contributed by atoms with Gasteiger partial charge in [0.05, 0.1) is 5.69 Å². The highest BCUT2D eigenvalue weighted by Crippen LogP contribution is 2.40.